The topological polar surface area (TPSA) is 201 Å². The Bertz CT molecular complexity index is 1590. The minimum atomic E-state index is -4.88. The predicted octanol–water partition coefficient (Wildman–Crippen LogP) is 8.43. The number of unbranched alkanes of at least 4 members (excludes halogenated alkanes) is 18. The summed E-state index contributed by atoms with van der Waals surface area (Å²) < 4.78 is 125. The summed E-state index contributed by atoms with van der Waals surface area (Å²) in [4.78, 5) is -2.74. The Hall–Kier alpha value is -1.30. The van der Waals surface area contributed by atoms with Gasteiger partial charge in [0.15, 0.2) is 0 Å². The zero-order chi connectivity index (χ0) is 38.9. The van der Waals surface area contributed by atoms with Crippen molar-refractivity contribution in [2.45, 2.75) is 162 Å². The van der Waals surface area contributed by atoms with Gasteiger partial charge in [0, 0.05) is 0 Å². The Morgan fingerprint density at radius 3 is 0.868 bits per heavy atom. The second-order valence-electron chi connectivity index (χ2n) is 12.7. The molecule has 0 aliphatic carbocycles. The molecule has 53 heavy (non-hydrogen) atoms. The third-order valence-electron chi connectivity index (χ3n) is 8.25. The van der Waals surface area contributed by atoms with E-state index in [-0.39, 0.29) is 32.7 Å². The van der Waals surface area contributed by atoms with E-state index < -0.39 is 60.1 Å². The van der Waals surface area contributed by atoms with Crippen LogP contribution in [0.1, 0.15) is 142 Å². The first kappa shape index (κ1) is 51.7. The quantitative estimate of drug-likeness (QED) is 0.0342. The standard InChI is InChI=1S/2C18H30O6S2.Zn/c2*1-2-3-4-5-6-7-8-9-10-13-16-24-26(22,23)18-15-12-11-14-17(18)25(19,20)21;/h2*11-12,14-15H,2-10,13,16H2,1H3,(H,19,20,21);/q;;+2/p-2. The minimum absolute atomic E-state index is 0. The molecule has 0 aliphatic rings. The molecule has 0 saturated carbocycles. The van der Waals surface area contributed by atoms with Gasteiger partial charge < -0.3 is 9.11 Å². The van der Waals surface area contributed by atoms with Gasteiger partial charge in [-0.05, 0) is 37.1 Å². The van der Waals surface area contributed by atoms with Crippen molar-refractivity contribution in [2.75, 3.05) is 13.2 Å². The zero-order valence-corrected chi connectivity index (χ0v) is 37.6. The normalized spacial score (nSPS) is 12.2. The van der Waals surface area contributed by atoms with E-state index in [9.17, 15) is 42.8 Å². The van der Waals surface area contributed by atoms with Crippen LogP contribution in [0.15, 0.2) is 68.1 Å². The number of hydrogen-bond donors (Lipinski definition) is 0. The molecule has 300 valence electrons. The van der Waals surface area contributed by atoms with Crippen LogP contribution in [0.3, 0.4) is 0 Å². The Morgan fingerprint density at radius 1 is 0.396 bits per heavy atom. The molecule has 0 saturated heterocycles. The SMILES string of the molecule is CCCCCCCCCCCCOS(=O)(=O)c1ccccc1S(=O)(=O)[O-].CCCCCCCCCCCCOS(=O)(=O)c1ccccc1S(=O)(=O)[O-].[Zn+2]. The van der Waals surface area contributed by atoms with Crippen molar-refractivity contribution in [1.29, 1.82) is 0 Å². The van der Waals surface area contributed by atoms with E-state index in [1.165, 1.54) is 101 Å². The van der Waals surface area contributed by atoms with E-state index in [0.717, 1.165) is 62.8 Å². The largest absolute Gasteiger partial charge is 2.00 e. The zero-order valence-electron chi connectivity index (χ0n) is 31.4. The Labute approximate surface area is 332 Å². The molecule has 0 amide bonds. The van der Waals surface area contributed by atoms with Gasteiger partial charge in [0.2, 0.25) is 0 Å². The summed E-state index contributed by atoms with van der Waals surface area (Å²) in [6, 6.07) is 9.38. The fourth-order valence-corrected chi connectivity index (χ4v) is 9.76. The second-order valence-corrected chi connectivity index (χ2v) is 18.6. The molecule has 0 unspecified atom stereocenters. The van der Waals surface area contributed by atoms with Crippen LogP contribution in [-0.4, -0.2) is 56.0 Å². The third kappa shape index (κ3) is 22.8. The van der Waals surface area contributed by atoms with Gasteiger partial charge in [-0.15, -0.1) is 0 Å². The van der Waals surface area contributed by atoms with E-state index in [0.29, 0.717) is 12.8 Å². The summed E-state index contributed by atoms with van der Waals surface area (Å²) >= 11 is 0. The summed E-state index contributed by atoms with van der Waals surface area (Å²) in [6.45, 7) is 4.35. The summed E-state index contributed by atoms with van der Waals surface area (Å²) in [6.07, 6.45) is 22.2. The molecule has 17 heteroatoms. The molecule has 0 spiro atoms. The van der Waals surface area contributed by atoms with Crippen LogP contribution in [0.25, 0.3) is 0 Å². The average molecular weight is 877 g/mol. The third-order valence-corrected chi connectivity index (χ3v) is 13.0. The molecule has 0 heterocycles. The smallest absolute Gasteiger partial charge is 0.744 e. The van der Waals surface area contributed by atoms with Crippen molar-refractivity contribution in [1.82, 2.24) is 0 Å². The van der Waals surface area contributed by atoms with Gasteiger partial charge in [0.05, 0.1) is 23.0 Å². The van der Waals surface area contributed by atoms with Gasteiger partial charge in [-0.3, -0.25) is 8.37 Å². The van der Waals surface area contributed by atoms with Gasteiger partial charge >= 0.3 is 19.5 Å². The molecule has 2 aromatic carbocycles. The van der Waals surface area contributed by atoms with Gasteiger partial charge in [-0.2, -0.15) is 16.8 Å². The van der Waals surface area contributed by atoms with Crippen molar-refractivity contribution in [3.05, 3.63) is 48.5 Å². The molecule has 2 aromatic rings. The number of hydrogen-bond acceptors (Lipinski definition) is 12. The summed E-state index contributed by atoms with van der Waals surface area (Å²) in [5.41, 5.74) is 0. The molecular formula is C36H58O12S4Zn. The summed E-state index contributed by atoms with van der Waals surface area (Å²) in [5.74, 6) is 0. The van der Waals surface area contributed by atoms with Crippen molar-refractivity contribution < 1.29 is 70.6 Å². The Morgan fingerprint density at radius 2 is 0.623 bits per heavy atom. The second kappa shape index (κ2) is 28.2. The van der Waals surface area contributed by atoms with E-state index in [1.807, 2.05) is 0 Å². The summed E-state index contributed by atoms with van der Waals surface area (Å²) in [7, 11) is -18.3. The maximum absolute atomic E-state index is 12.1. The minimum Gasteiger partial charge on any atom is -0.744 e. The van der Waals surface area contributed by atoms with E-state index in [2.05, 4.69) is 13.8 Å². The van der Waals surface area contributed by atoms with Gasteiger partial charge in [0.25, 0.3) is 20.2 Å². The molecule has 0 aromatic heterocycles. The van der Waals surface area contributed by atoms with Crippen LogP contribution in [0.2, 0.25) is 0 Å². The number of benzene rings is 2. The van der Waals surface area contributed by atoms with Crippen LogP contribution < -0.4 is 0 Å². The van der Waals surface area contributed by atoms with E-state index in [1.54, 1.807) is 0 Å². The molecule has 0 fully saturated rings. The van der Waals surface area contributed by atoms with Gasteiger partial charge in [-0.25, -0.2) is 16.8 Å². The first-order valence-corrected chi connectivity index (χ1v) is 24.1. The van der Waals surface area contributed by atoms with Crippen LogP contribution in [-0.2, 0) is 68.3 Å². The average Bonchev–Trinajstić information content (AvgIpc) is 3.09. The first-order chi connectivity index (χ1) is 24.6. The summed E-state index contributed by atoms with van der Waals surface area (Å²) in [5, 5.41) is 0. The molecule has 0 atom stereocenters. The molecule has 0 bridgehead atoms. The molecule has 0 N–H and O–H groups in total. The molecule has 0 aliphatic heterocycles. The fourth-order valence-electron chi connectivity index (χ4n) is 5.37. The Balaban J connectivity index is 0.00000100. The van der Waals surface area contributed by atoms with E-state index >= 15 is 0 Å². The maximum Gasteiger partial charge on any atom is 2.00 e. The van der Waals surface area contributed by atoms with Crippen molar-refractivity contribution in [3.63, 3.8) is 0 Å². The van der Waals surface area contributed by atoms with Crippen LogP contribution in [0.5, 0.6) is 0 Å². The van der Waals surface area contributed by atoms with Crippen molar-refractivity contribution >= 4 is 40.5 Å². The Kier molecular flexibility index (Phi) is 27.5. The first-order valence-electron chi connectivity index (χ1n) is 18.5. The molecule has 2 rings (SSSR count). The predicted molar refractivity (Wildman–Crippen MR) is 199 cm³/mol. The van der Waals surface area contributed by atoms with Crippen molar-refractivity contribution in [3.8, 4) is 0 Å². The van der Waals surface area contributed by atoms with Crippen LogP contribution >= 0.6 is 0 Å². The fraction of sp³-hybridized carbons (Fsp3) is 0.667. The van der Waals surface area contributed by atoms with Gasteiger partial charge in [0.1, 0.15) is 30.0 Å². The monoisotopic (exact) mass is 874 g/mol. The van der Waals surface area contributed by atoms with Gasteiger partial charge in [-0.1, -0.05) is 154 Å². The van der Waals surface area contributed by atoms with Crippen LogP contribution in [0.4, 0.5) is 0 Å². The number of rotatable bonds is 28. The van der Waals surface area contributed by atoms with E-state index in [4.69, 9.17) is 8.37 Å². The molecule has 0 radical (unpaired) electrons. The van der Waals surface area contributed by atoms with Crippen molar-refractivity contribution in [2.24, 2.45) is 0 Å². The van der Waals surface area contributed by atoms with Crippen LogP contribution in [0, 0.1) is 0 Å². The molecular weight excluding hydrogens is 818 g/mol. The maximum atomic E-state index is 12.1. The molecule has 12 nitrogen and oxygen atoms in total.